The third-order valence-corrected chi connectivity index (χ3v) is 3.91. The van der Waals surface area contributed by atoms with Crippen LogP contribution < -0.4 is 0 Å². The molecule has 0 unspecified atom stereocenters. The standard InChI is InChI=1S/C24H18O2/c25-23(17-11-19-7-3-1-4-8-19)21-13-15-22(16-14-21)24(26)18-12-20-9-5-2-6-10-20/h1-18H/b17-11+,18-12+. The average molecular weight is 338 g/mol. The second-order valence-corrected chi connectivity index (χ2v) is 5.79. The number of ketones is 2. The van der Waals surface area contributed by atoms with Crippen molar-refractivity contribution in [3.05, 3.63) is 119 Å². The molecule has 0 bridgehead atoms. The molecule has 2 nitrogen and oxygen atoms in total. The number of carbonyl (C=O) groups is 2. The van der Waals surface area contributed by atoms with Crippen LogP contribution in [-0.2, 0) is 0 Å². The molecule has 26 heavy (non-hydrogen) atoms. The van der Waals surface area contributed by atoms with Gasteiger partial charge in [-0.15, -0.1) is 0 Å². The van der Waals surface area contributed by atoms with Crippen LogP contribution in [-0.4, -0.2) is 11.6 Å². The van der Waals surface area contributed by atoms with Crippen LogP contribution in [0.25, 0.3) is 12.2 Å². The lowest BCUT2D eigenvalue weighted by atomic mass is 10.0. The summed E-state index contributed by atoms with van der Waals surface area (Å²) in [6.07, 6.45) is 6.65. The lowest BCUT2D eigenvalue weighted by molar-refractivity contribution is 0.103. The molecule has 0 amide bonds. The van der Waals surface area contributed by atoms with Gasteiger partial charge in [-0.25, -0.2) is 0 Å². The third kappa shape index (κ3) is 4.74. The summed E-state index contributed by atoms with van der Waals surface area (Å²) in [6, 6.07) is 26.0. The van der Waals surface area contributed by atoms with Crippen molar-refractivity contribution in [2.45, 2.75) is 0 Å². The average Bonchev–Trinajstić information content (AvgIpc) is 2.72. The van der Waals surface area contributed by atoms with E-state index in [0.29, 0.717) is 11.1 Å². The maximum Gasteiger partial charge on any atom is 0.185 e. The minimum absolute atomic E-state index is 0.0901. The molecule has 0 atom stereocenters. The van der Waals surface area contributed by atoms with Crippen LogP contribution in [0.5, 0.6) is 0 Å². The number of allylic oxidation sites excluding steroid dienone is 2. The Kier molecular flexibility index (Phi) is 5.69. The molecule has 126 valence electrons. The molecule has 0 aliphatic heterocycles. The summed E-state index contributed by atoms with van der Waals surface area (Å²) in [5.74, 6) is -0.180. The minimum Gasteiger partial charge on any atom is -0.289 e. The second kappa shape index (κ2) is 8.54. The highest BCUT2D eigenvalue weighted by atomic mass is 16.1. The first-order valence-corrected chi connectivity index (χ1v) is 8.37. The Hall–Kier alpha value is -3.52. The highest BCUT2D eigenvalue weighted by Gasteiger charge is 2.05. The Labute approximate surface area is 153 Å². The van der Waals surface area contributed by atoms with E-state index in [9.17, 15) is 9.59 Å². The summed E-state index contributed by atoms with van der Waals surface area (Å²) in [5, 5.41) is 0. The molecule has 3 aromatic rings. The molecule has 0 saturated heterocycles. The first kappa shape index (κ1) is 17.3. The molecule has 0 fully saturated rings. The van der Waals surface area contributed by atoms with Crippen LogP contribution in [0.4, 0.5) is 0 Å². The zero-order valence-corrected chi connectivity index (χ0v) is 14.2. The van der Waals surface area contributed by atoms with Gasteiger partial charge in [0.05, 0.1) is 0 Å². The molecule has 0 aliphatic carbocycles. The molecule has 0 saturated carbocycles. The molecule has 0 aliphatic rings. The van der Waals surface area contributed by atoms with Gasteiger partial charge >= 0.3 is 0 Å². The van der Waals surface area contributed by atoms with E-state index in [0.717, 1.165) is 11.1 Å². The lowest BCUT2D eigenvalue weighted by Gasteiger charge is -1.99. The van der Waals surface area contributed by atoms with Gasteiger partial charge in [0.15, 0.2) is 11.6 Å². The minimum atomic E-state index is -0.0901. The predicted molar refractivity (Wildman–Crippen MR) is 106 cm³/mol. The summed E-state index contributed by atoms with van der Waals surface area (Å²) >= 11 is 0. The molecule has 0 N–H and O–H groups in total. The highest BCUT2D eigenvalue weighted by Crippen LogP contribution is 2.10. The Morgan fingerprint density at radius 1 is 0.500 bits per heavy atom. The Bertz CT molecular complexity index is 854. The third-order valence-electron chi connectivity index (χ3n) is 3.91. The fourth-order valence-electron chi connectivity index (χ4n) is 2.46. The number of benzene rings is 3. The van der Waals surface area contributed by atoms with Crippen molar-refractivity contribution in [1.29, 1.82) is 0 Å². The van der Waals surface area contributed by atoms with Gasteiger partial charge in [0.2, 0.25) is 0 Å². The Morgan fingerprint density at radius 3 is 1.19 bits per heavy atom. The van der Waals surface area contributed by atoms with Gasteiger partial charge in [-0.05, 0) is 23.3 Å². The van der Waals surface area contributed by atoms with Crippen molar-refractivity contribution in [3.63, 3.8) is 0 Å². The van der Waals surface area contributed by atoms with Gasteiger partial charge in [-0.2, -0.15) is 0 Å². The van der Waals surface area contributed by atoms with Crippen LogP contribution in [0, 0.1) is 0 Å². The van der Waals surface area contributed by atoms with Crippen molar-refractivity contribution in [2.75, 3.05) is 0 Å². The van der Waals surface area contributed by atoms with E-state index < -0.39 is 0 Å². The molecule has 0 spiro atoms. The molecular weight excluding hydrogens is 320 g/mol. The normalized spacial score (nSPS) is 11.1. The van der Waals surface area contributed by atoms with Crippen molar-refractivity contribution in [1.82, 2.24) is 0 Å². The molecule has 2 heteroatoms. The van der Waals surface area contributed by atoms with Crippen molar-refractivity contribution < 1.29 is 9.59 Å². The number of rotatable bonds is 6. The van der Waals surface area contributed by atoms with E-state index in [1.54, 1.807) is 48.6 Å². The zero-order valence-electron chi connectivity index (χ0n) is 14.2. The fraction of sp³-hybridized carbons (Fsp3) is 0. The van der Waals surface area contributed by atoms with E-state index in [4.69, 9.17) is 0 Å². The molecule has 0 radical (unpaired) electrons. The van der Waals surface area contributed by atoms with Gasteiger partial charge in [-0.3, -0.25) is 9.59 Å². The summed E-state index contributed by atoms with van der Waals surface area (Å²) in [7, 11) is 0. The van der Waals surface area contributed by atoms with Crippen LogP contribution in [0.1, 0.15) is 31.8 Å². The molecule has 0 heterocycles. The molecule has 0 aromatic heterocycles. The predicted octanol–water partition coefficient (Wildman–Crippen LogP) is 5.48. The van der Waals surface area contributed by atoms with Crippen LogP contribution in [0.2, 0.25) is 0 Å². The highest BCUT2D eigenvalue weighted by molar-refractivity contribution is 6.09. The van der Waals surface area contributed by atoms with Gasteiger partial charge in [-0.1, -0.05) is 97.1 Å². The van der Waals surface area contributed by atoms with Crippen molar-refractivity contribution in [2.24, 2.45) is 0 Å². The monoisotopic (exact) mass is 338 g/mol. The van der Waals surface area contributed by atoms with Crippen molar-refractivity contribution >= 4 is 23.7 Å². The second-order valence-electron chi connectivity index (χ2n) is 5.79. The Morgan fingerprint density at radius 2 is 0.846 bits per heavy atom. The molecular formula is C24H18O2. The summed E-state index contributed by atoms with van der Waals surface area (Å²) in [5.41, 5.74) is 3.05. The quantitative estimate of drug-likeness (QED) is 0.440. The van der Waals surface area contributed by atoms with Gasteiger partial charge in [0.25, 0.3) is 0 Å². The van der Waals surface area contributed by atoms with E-state index in [-0.39, 0.29) is 11.6 Å². The molecule has 3 rings (SSSR count). The Balaban J connectivity index is 1.66. The number of carbonyl (C=O) groups excluding carboxylic acids is 2. The first-order chi connectivity index (χ1) is 12.7. The number of hydrogen-bond donors (Lipinski definition) is 0. The summed E-state index contributed by atoms with van der Waals surface area (Å²) in [4.78, 5) is 24.4. The molecule has 3 aromatic carbocycles. The van der Waals surface area contributed by atoms with Crippen LogP contribution >= 0.6 is 0 Å². The van der Waals surface area contributed by atoms with Crippen LogP contribution in [0.15, 0.2) is 97.1 Å². The maximum atomic E-state index is 12.2. The number of hydrogen-bond acceptors (Lipinski definition) is 2. The topological polar surface area (TPSA) is 34.1 Å². The van der Waals surface area contributed by atoms with E-state index in [2.05, 4.69) is 0 Å². The first-order valence-electron chi connectivity index (χ1n) is 8.37. The van der Waals surface area contributed by atoms with E-state index in [1.165, 1.54) is 0 Å². The van der Waals surface area contributed by atoms with E-state index >= 15 is 0 Å². The zero-order chi connectivity index (χ0) is 18.2. The van der Waals surface area contributed by atoms with Crippen LogP contribution in [0.3, 0.4) is 0 Å². The largest absolute Gasteiger partial charge is 0.289 e. The summed E-state index contributed by atoms with van der Waals surface area (Å²) < 4.78 is 0. The smallest absolute Gasteiger partial charge is 0.185 e. The SMILES string of the molecule is O=C(/C=C/c1ccccc1)c1ccc(C(=O)/C=C/c2ccccc2)cc1. The van der Waals surface area contributed by atoms with Gasteiger partial charge < -0.3 is 0 Å². The van der Waals surface area contributed by atoms with Crippen molar-refractivity contribution in [3.8, 4) is 0 Å². The lowest BCUT2D eigenvalue weighted by Crippen LogP contribution is -1.98. The maximum absolute atomic E-state index is 12.2. The van der Waals surface area contributed by atoms with Gasteiger partial charge in [0, 0.05) is 11.1 Å². The fourth-order valence-corrected chi connectivity index (χ4v) is 2.46. The van der Waals surface area contributed by atoms with Gasteiger partial charge in [0.1, 0.15) is 0 Å². The van der Waals surface area contributed by atoms with E-state index in [1.807, 2.05) is 60.7 Å². The summed E-state index contributed by atoms with van der Waals surface area (Å²) in [6.45, 7) is 0.